The standard InChI is InChI=1S/C10H11NO5/c1-14-6-4-7(9(12)15-2)8(11-5-6)10(13)16-3/h4-5H,1-3H3. The van der Waals surface area contributed by atoms with Crippen molar-refractivity contribution in [2.75, 3.05) is 21.3 Å². The maximum atomic E-state index is 11.4. The van der Waals surface area contributed by atoms with Crippen molar-refractivity contribution in [1.29, 1.82) is 0 Å². The number of aromatic nitrogens is 1. The van der Waals surface area contributed by atoms with E-state index in [1.165, 1.54) is 33.6 Å². The molecule has 0 amide bonds. The number of hydrogen-bond donors (Lipinski definition) is 0. The van der Waals surface area contributed by atoms with Gasteiger partial charge < -0.3 is 14.2 Å². The van der Waals surface area contributed by atoms with Crippen LogP contribution in [0, 0.1) is 0 Å². The fraction of sp³-hybridized carbons (Fsp3) is 0.300. The highest BCUT2D eigenvalue weighted by molar-refractivity contribution is 6.01. The quantitative estimate of drug-likeness (QED) is 0.703. The minimum Gasteiger partial charge on any atom is -0.495 e. The molecule has 86 valence electrons. The SMILES string of the molecule is COC(=O)c1cc(OC)cnc1C(=O)OC. The molecule has 6 heteroatoms. The highest BCUT2D eigenvalue weighted by atomic mass is 16.5. The van der Waals surface area contributed by atoms with E-state index >= 15 is 0 Å². The predicted octanol–water partition coefficient (Wildman–Crippen LogP) is 0.663. The molecule has 0 aromatic carbocycles. The lowest BCUT2D eigenvalue weighted by Gasteiger charge is -2.06. The number of carbonyl (C=O) groups is 2. The summed E-state index contributed by atoms with van der Waals surface area (Å²) in [7, 11) is 3.84. The van der Waals surface area contributed by atoms with Gasteiger partial charge in [0.2, 0.25) is 0 Å². The van der Waals surface area contributed by atoms with Gasteiger partial charge >= 0.3 is 11.9 Å². The van der Waals surface area contributed by atoms with Crippen LogP contribution < -0.4 is 4.74 Å². The third-order valence-corrected chi connectivity index (χ3v) is 1.88. The molecule has 0 spiro atoms. The molecule has 0 N–H and O–H groups in total. The fourth-order valence-electron chi connectivity index (χ4n) is 1.08. The van der Waals surface area contributed by atoms with Crippen molar-refractivity contribution in [3.05, 3.63) is 23.5 Å². The van der Waals surface area contributed by atoms with Gasteiger partial charge in [0.05, 0.1) is 33.1 Å². The largest absolute Gasteiger partial charge is 0.495 e. The Morgan fingerprint density at radius 3 is 2.25 bits per heavy atom. The second kappa shape index (κ2) is 5.11. The van der Waals surface area contributed by atoms with E-state index in [1.54, 1.807) is 0 Å². The molecule has 1 heterocycles. The zero-order chi connectivity index (χ0) is 12.1. The van der Waals surface area contributed by atoms with E-state index in [0.29, 0.717) is 5.75 Å². The molecule has 0 bridgehead atoms. The van der Waals surface area contributed by atoms with Gasteiger partial charge in [-0.15, -0.1) is 0 Å². The lowest BCUT2D eigenvalue weighted by molar-refractivity contribution is 0.0549. The summed E-state index contributed by atoms with van der Waals surface area (Å²) in [5.41, 5.74) is -0.0937. The second-order valence-corrected chi connectivity index (χ2v) is 2.75. The summed E-state index contributed by atoms with van der Waals surface area (Å²) in [6.07, 6.45) is 1.32. The van der Waals surface area contributed by atoms with Crippen LogP contribution in [0.4, 0.5) is 0 Å². The number of methoxy groups -OCH3 is 3. The first-order valence-corrected chi connectivity index (χ1v) is 4.34. The molecule has 0 aliphatic carbocycles. The van der Waals surface area contributed by atoms with E-state index < -0.39 is 11.9 Å². The maximum absolute atomic E-state index is 11.4. The summed E-state index contributed by atoms with van der Waals surface area (Å²) in [5, 5.41) is 0. The van der Waals surface area contributed by atoms with Crippen LogP contribution in [-0.2, 0) is 9.47 Å². The summed E-state index contributed by atoms with van der Waals surface area (Å²) in [6, 6.07) is 1.37. The Bertz CT molecular complexity index is 416. The summed E-state index contributed by atoms with van der Waals surface area (Å²) in [4.78, 5) is 26.5. The molecule has 0 atom stereocenters. The van der Waals surface area contributed by atoms with Crippen molar-refractivity contribution in [1.82, 2.24) is 4.98 Å². The Morgan fingerprint density at radius 1 is 1.12 bits per heavy atom. The average Bonchev–Trinajstić information content (AvgIpc) is 2.36. The summed E-state index contributed by atoms with van der Waals surface area (Å²) >= 11 is 0. The molecule has 0 aliphatic rings. The number of carbonyl (C=O) groups excluding carboxylic acids is 2. The second-order valence-electron chi connectivity index (χ2n) is 2.75. The number of rotatable bonds is 3. The van der Waals surface area contributed by atoms with E-state index in [-0.39, 0.29) is 11.3 Å². The van der Waals surface area contributed by atoms with Gasteiger partial charge in [-0.2, -0.15) is 0 Å². The molecule has 0 aliphatic heterocycles. The van der Waals surface area contributed by atoms with Crippen molar-refractivity contribution in [2.24, 2.45) is 0 Å². The number of nitrogens with zero attached hydrogens (tertiary/aromatic N) is 1. The van der Waals surface area contributed by atoms with Crippen LogP contribution >= 0.6 is 0 Å². The van der Waals surface area contributed by atoms with Crippen LogP contribution in [0.5, 0.6) is 5.75 Å². The smallest absolute Gasteiger partial charge is 0.357 e. The van der Waals surface area contributed by atoms with Gasteiger partial charge in [0, 0.05) is 0 Å². The third-order valence-electron chi connectivity index (χ3n) is 1.88. The molecular formula is C10H11NO5. The van der Waals surface area contributed by atoms with Crippen molar-refractivity contribution in [3.63, 3.8) is 0 Å². The van der Waals surface area contributed by atoms with Gasteiger partial charge in [-0.3, -0.25) is 0 Å². The Morgan fingerprint density at radius 2 is 1.75 bits per heavy atom. The molecule has 0 saturated heterocycles. The number of hydrogen-bond acceptors (Lipinski definition) is 6. The Kier molecular flexibility index (Phi) is 3.82. The number of esters is 2. The zero-order valence-corrected chi connectivity index (χ0v) is 9.14. The monoisotopic (exact) mass is 225 g/mol. The normalized spacial score (nSPS) is 9.44. The summed E-state index contributed by atoms with van der Waals surface area (Å²) in [5.74, 6) is -1.03. The minimum atomic E-state index is -0.706. The topological polar surface area (TPSA) is 74.7 Å². The highest BCUT2D eigenvalue weighted by Gasteiger charge is 2.20. The van der Waals surface area contributed by atoms with Gasteiger partial charge in [-0.25, -0.2) is 14.6 Å². The molecule has 6 nitrogen and oxygen atoms in total. The van der Waals surface area contributed by atoms with Gasteiger partial charge in [-0.05, 0) is 6.07 Å². The van der Waals surface area contributed by atoms with Gasteiger partial charge in [0.15, 0.2) is 5.69 Å². The van der Waals surface area contributed by atoms with Crippen molar-refractivity contribution in [3.8, 4) is 5.75 Å². The van der Waals surface area contributed by atoms with E-state index in [0.717, 1.165) is 0 Å². The van der Waals surface area contributed by atoms with Crippen molar-refractivity contribution >= 4 is 11.9 Å². The minimum absolute atomic E-state index is 0.00806. The molecule has 16 heavy (non-hydrogen) atoms. The lowest BCUT2D eigenvalue weighted by Crippen LogP contribution is -2.14. The molecule has 0 fully saturated rings. The van der Waals surface area contributed by atoms with E-state index in [2.05, 4.69) is 14.5 Å². The molecule has 0 saturated carbocycles. The Balaban J connectivity index is 3.26. The summed E-state index contributed by atoms with van der Waals surface area (Å²) in [6.45, 7) is 0. The van der Waals surface area contributed by atoms with Crippen LogP contribution in [0.3, 0.4) is 0 Å². The van der Waals surface area contributed by atoms with Gasteiger partial charge in [0.25, 0.3) is 0 Å². The Labute approximate surface area is 92.1 Å². The van der Waals surface area contributed by atoms with Crippen molar-refractivity contribution in [2.45, 2.75) is 0 Å². The van der Waals surface area contributed by atoms with Gasteiger partial charge in [0.1, 0.15) is 5.75 Å². The molecule has 0 unspecified atom stereocenters. The van der Waals surface area contributed by atoms with Gasteiger partial charge in [-0.1, -0.05) is 0 Å². The van der Waals surface area contributed by atoms with Crippen LogP contribution in [0.25, 0.3) is 0 Å². The zero-order valence-electron chi connectivity index (χ0n) is 9.14. The molecule has 1 aromatic heterocycles. The Hall–Kier alpha value is -2.11. The molecule has 0 radical (unpaired) electrons. The van der Waals surface area contributed by atoms with Crippen LogP contribution in [0.2, 0.25) is 0 Å². The number of pyridine rings is 1. The molecular weight excluding hydrogens is 214 g/mol. The van der Waals surface area contributed by atoms with E-state index in [1.807, 2.05) is 0 Å². The fourth-order valence-corrected chi connectivity index (χ4v) is 1.08. The average molecular weight is 225 g/mol. The molecule has 1 rings (SSSR count). The van der Waals surface area contributed by atoms with Crippen LogP contribution in [-0.4, -0.2) is 38.3 Å². The lowest BCUT2D eigenvalue weighted by atomic mass is 10.2. The number of ether oxygens (including phenoxy) is 3. The first-order chi connectivity index (χ1) is 7.63. The highest BCUT2D eigenvalue weighted by Crippen LogP contribution is 2.16. The van der Waals surface area contributed by atoms with E-state index in [4.69, 9.17) is 4.74 Å². The third kappa shape index (κ3) is 2.28. The maximum Gasteiger partial charge on any atom is 0.357 e. The van der Waals surface area contributed by atoms with E-state index in [9.17, 15) is 9.59 Å². The predicted molar refractivity (Wildman–Crippen MR) is 53.5 cm³/mol. The van der Waals surface area contributed by atoms with Crippen LogP contribution in [0.1, 0.15) is 20.8 Å². The van der Waals surface area contributed by atoms with Crippen LogP contribution in [0.15, 0.2) is 12.3 Å². The summed E-state index contributed by atoms with van der Waals surface area (Å²) < 4.78 is 13.9. The first-order valence-electron chi connectivity index (χ1n) is 4.34. The first kappa shape index (κ1) is 12.0. The molecule has 1 aromatic rings. The van der Waals surface area contributed by atoms with Crippen molar-refractivity contribution < 1.29 is 23.8 Å².